The first-order valence-corrected chi connectivity index (χ1v) is 9.95. The molecule has 0 atom stereocenters. The van der Waals surface area contributed by atoms with Crippen molar-refractivity contribution in [2.75, 3.05) is 13.2 Å². The van der Waals surface area contributed by atoms with Crippen molar-refractivity contribution in [3.05, 3.63) is 58.1 Å². The van der Waals surface area contributed by atoms with E-state index in [4.69, 9.17) is 9.47 Å². The molecule has 0 fully saturated rings. The van der Waals surface area contributed by atoms with Crippen LogP contribution in [0.25, 0.3) is 0 Å². The van der Waals surface area contributed by atoms with E-state index in [9.17, 15) is 9.59 Å². The number of hydrogen-bond donors (Lipinski definition) is 2. The fourth-order valence-electron chi connectivity index (χ4n) is 2.36. The van der Waals surface area contributed by atoms with Crippen LogP contribution in [0.3, 0.4) is 0 Å². The van der Waals surface area contributed by atoms with Crippen molar-refractivity contribution in [3.63, 3.8) is 0 Å². The third-order valence-corrected chi connectivity index (χ3v) is 4.51. The Morgan fingerprint density at radius 2 is 1.79 bits per heavy atom. The number of hydrazine groups is 1. The number of hydrogen-bond acceptors (Lipinski definition) is 4. The summed E-state index contributed by atoms with van der Waals surface area (Å²) in [5.74, 6) is 0.501. The molecule has 0 aliphatic rings. The average Bonchev–Trinajstić information content (AvgIpc) is 2.69. The predicted octanol–water partition coefficient (Wildman–Crippen LogP) is 4.20. The lowest BCUT2D eigenvalue weighted by molar-refractivity contribution is -0.123. The van der Waals surface area contributed by atoms with Crippen LogP contribution in [-0.4, -0.2) is 25.0 Å². The summed E-state index contributed by atoms with van der Waals surface area (Å²) in [6.45, 7) is 6.47. The highest BCUT2D eigenvalue weighted by Gasteiger charge is 2.13. The van der Waals surface area contributed by atoms with E-state index in [0.29, 0.717) is 29.6 Å². The Hall–Kier alpha value is -2.54. The smallest absolute Gasteiger partial charge is 0.276 e. The second-order valence-corrected chi connectivity index (χ2v) is 7.33. The Labute approximate surface area is 173 Å². The molecule has 0 spiro atoms. The van der Waals surface area contributed by atoms with Crippen LogP contribution in [0.1, 0.15) is 49.0 Å². The summed E-state index contributed by atoms with van der Waals surface area (Å²) < 4.78 is 11.8. The van der Waals surface area contributed by atoms with Gasteiger partial charge in [-0.25, -0.2) is 0 Å². The number of carbonyl (C=O) groups excluding carboxylic acids is 2. The van der Waals surface area contributed by atoms with Gasteiger partial charge in [-0.1, -0.05) is 39.0 Å². The van der Waals surface area contributed by atoms with E-state index >= 15 is 0 Å². The zero-order valence-corrected chi connectivity index (χ0v) is 17.8. The van der Waals surface area contributed by atoms with Crippen molar-refractivity contribution < 1.29 is 19.1 Å². The normalized spacial score (nSPS) is 10.5. The van der Waals surface area contributed by atoms with Crippen LogP contribution in [0.4, 0.5) is 0 Å². The van der Waals surface area contributed by atoms with Gasteiger partial charge in [0.25, 0.3) is 11.8 Å². The summed E-state index contributed by atoms with van der Waals surface area (Å²) in [4.78, 5) is 24.3. The van der Waals surface area contributed by atoms with Gasteiger partial charge in [-0.2, -0.15) is 0 Å². The van der Waals surface area contributed by atoms with E-state index in [1.807, 2.05) is 25.1 Å². The number of para-hydroxylation sites is 1. The molecule has 0 aromatic heterocycles. The van der Waals surface area contributed by atoms with E-state index in [1.54, 1.807) is 24.3 Å². The summed E-state index contributed by atoms with van der Waals surface area (Å²) in [5, 5.41) is 0. The molecular formula is C21H25BrN2O4. The molecule has 0 aliphatic carbocycles. The third-order valence-electron chi connectivity index (χ3n) is 3.89. The summed E-state index contributed by atoms with van der Waals surface area (Å²) >= 11 is 3.45. The molecule has 0 heterocycles. The molecular weight excluding hydrogens is 424 g/mol. The van der Waals surface area contributed by atoms with Gasteiger partial charge in [0.1, 0.15) is 11.5 Å². The minimum atomic E-state index is -0.472. The lowest BCUT2D eigenvalue weighted by Crippen LogP contribution is -2.44. The molecule has 0 saturated heterocycles. The van der Waals surface area contributed by atoms with Gasteiger partial charge < -0.3 is 9.47 Å². The quantitative estimate of drug-likeness (QED) is 0.593. The zero-order chi connectivity index (χ0) is 20.5. The molecule has 2 amide bonds. The van der Waals surface area contributed by atoms with Crippen molar-refractivity contribution in [2.45, 2.75) is 33.1 Å². The lowest BCUT2D eigenvalue weighted by atomic mass is 10.0. The number of amides is 2. The molecule has 2 rings (SSSR count). The molecule has 2 N–H and O–H groups in total. The zero-order valence-electron chi connectivity index (χ0n) is 16.3. The molecule has 0 unspecified atom stereocenters. The maximum absolute atomic E-state index is 12.3. The third kappa shape index (κ3) is 6.27. The predicted molar refractivity (Wildman–Crippen MR) is 112 cm³/mol. The van der Waals surface area contributed by atoms with Crippen molar-refractivity contribution in [1.82, 2.24) is 10.9 Å². The maximum Gasteiger partial charge on any atom is 0.276 e. The fourth-order valence-corrected chi connectivity index (χ4v) is 2.87. The second-order valence-electron chi connectivity index (χ2n) is 6.48. The minimum Gasteiger partial charge on any atom is -0.493 e. The van der Waals surface area contributed by atoms with E-state index in [0.717, 1.165) is 10.9 Å². The first-order chi connectivity index (χ1) is 13.4. The van der Waals surface area contributed by atoms with Crippen molar-refractivity contribution in [2.24, 2.45) is 0 Å². The van der Waals surface area contributed by atoms with Gasteiger partial charge in [0.15, 0.2) is 6.61 Å². The molecule has 0 aliphatic heterocycles. The Bertz CT molecular complexity index is 824. The number of nitrogens with one attached hydrogen (secondary N) is 2. The Morgan fingerprint density at radius 3 is 2.46 bits per heavy atom. The first kappa shape index (κ1) is 21.8. The van der Waals surface area contributed by atoms with Crippen LogP contribution in [0.5, 0.6) is 11.5 Å². The van der Waals surface area contributed by atoms with Crippen molar-refractivity contribution in [1.29, 1.82) is 0 Å². The average molecular weight is 449 g/mol. The molecule has 0 radical (unpaired) electrons. The van der Waals surface area contributed by atoms with E-state index in [2.05, 4.69) is 40.6 Å². The van der Waals surface area contributed by atoms with E-state index in [1.165, 1.54) is 5.56 Å². The maximum atomic E-state index is 12.3. The fraction of sp³-hybridized carbons (Fsp3) is 0.333. The molecule has 28 heavy (non-hydrogen) atoms. The topological polar surface area (TPSA) is 76.7 Å². The Balaban J connectivity index is 1.87. The Kier molecular flexibility index (Phi) is 8.32. The van der Waals surface area contributed by atoms with Crippen LogP contribution < -0.4 is 20.3 Å². The summed E-state index contributed by atoms with van der Waals surface area (Å²) in [6.07, 6.45) is 0.831. The molecule has 2 aromatic rings. The minimum absolute atomic E-state index is 0.228. The number of carbonyl (C=O) groups is 2. The standard InChI is InChI=1S/C21H25BrN2O4/c1-4-11-27-18-8-6-5-7-16(18)21(26)24-23-20(25)13-28-19-10-9-15(14(2)3)12-17(19)22/h5-10,12,14H,4,11,13H2,1-3H3,(H,23,25)(H,24,26). The van der Waals surface area contributed by atoms with Crippen LogP contribution in [0, 0.1) is 0 Å². The molecule has 150 valence electrons. The highest BCUT2D eigenvalue weighted by molar-refractivity contribution is 9.10. The number of ether oxygens (including phenoxy) is 2. The van der Waals surface area contributed by atoms with Crippen LogP contribution in [0.2, 0.25) is 0 Å². The van der Waals surface area contributed by atoms with Gasteiger partial charge in [-0.05, 0) is 58.1 Å². The van der Waals surface area contributed by atoms with Gasteiger partial charge in [-0.3, -0.25) is 20.4 Å². The number of benzene rings is 2. The molecule has 2 aromatic carbocycles. The number of halogens is 1. The van der Waals surface area contributed by atoms with Crippen molar-refractivity contribution in [3.8, 4) is 11.5 Å². The van der Waals surface area contributed by atoms with Crippen LogP contribution >= 0.6 is 15.9 Å². The van der Waals surface area contributed by atoms with Gasteiger partial charge in [0, 0.05) is 0 Å². The van der Waals surface area contributed by atoms with Crippen LogP contribution in [-0.2, 0) is 4.79 Å². The molecule has 7 heteroatoms. The van der Waals surface area contributed by atoms with Gasteiger partial charge in [-0.15, -0.1) is 0 Å². The van der Waals surface area contributed by atoms with Gasteiger partial charge in [0.2, 0.25) is 0 Å². The van der Waals surface area contributed by atoms with E-state index < -0.39 is 11.8 Å². The SMILES string of the molecule is CCCOc1ccccc1C(=O)NNC(=O)COc1ccc(C(C)C)cc1Br. The largest absolute Gasteiger partial charge is 0.493 e. The molecule has 0 saturated carbocycles. The van der Waals surface area contributed by atoms with Gasteiger partial charge >= 0.3 is 0 Å². The molecule has 0 bridgehead atoms. The highest BCUT2D eigenvalue weighted by atomic mass is 79.9. The summed E-state index contributed by atoms with van der Waals surface area (Å²) in [7, 11) is 0. The van der Waals surface area contributed by atoms with Gasteiger partial charge in [0.05, 0.1) is 16.6 Å². The summed E-state index contributed by atoms with van der Waals surface area (Å²) in [5.41, 5.74) is 6.25. The Morgan fingerprint density at radius 1 is 1.04 bits per heavy atom. The van der Waals surface area contributed by atoms with Crippen LogP contribution in [0.15, 0.2) is 46.9 Å². The monoisotopic (exact) mass is 448 g/mol. The lowest BCUT2D eigenvalue weighted by Gasteiger charge is -2.13. The van der Waals surface area contributed by atoms with E-state index in [-0.39, 0.29) is 6.61 Å². The second kappa shape index (κ2) is 10.7. The molecule has 6 nitrogen and oxygen atoms in total. The van der Waals surface area contributed by atoms with Crippen molar-refractivity contribution >= 4 is 27.7 Å². The first-order valence-electron chi connectivity index (χ1n) is 9.15. The summed E-state index contributed by atoms with van der Waals surface area (Å²) in [6, 6.07) is 12.6. The highest BCUT2D eigenvalue weighted by Crippen LogP contribution is 2.28. The number of rotatable bonds is 8.